The van der Waals surface area contributed by atoms with Crippen molar-refractivity contribution in [2.24, 2.45) is 23.0 Å². The molecule has 0 amide bonds. The fourth-order valence-electron chi connectivity index (χ4n) is 2.34. The molecule has 1 unspecified atom stereocenters. The van der Waals surface area contributed by atoms with E-state index >= 15 is 0 Å². The molecule has 1 heterocycles. The van der Waals surface area contributed by atoms with Crippen molar-refractivity contribution in [1.29, 1.82) is 0 Å². The maximum absolute atomic E-state index is 5.59. The van der Waals surface area contributed by atoms with E-state index in [1.807, 2.05) is 0 Å². The molecular weight excluding hydrogens is 162 g/mol. The van der Waals surface area contributed by atoms with Gasteiger partial charge in [-0.15, -0.1) is 0 Å². The Kier molecular flexibility index (Phi) is 3.74. The second-order valence-electron chi connectivity index (χ2n) is 4.93. The molecular formula is C11H23NO. The van der Waals surface area contributed by atoms with Crippen LogP contribution in [0.2, 0.25) is 0 Å². The van der Waals surface area contributed by atoms with E-state index in [9.17, 15) is 0 Å². The van der Waals surface area contributed by atoms with Gasteiger partial charge >= 0.3 is 0 Å². The molecule has 2 nitrogen and oxygen atoms in total. The lowest BCUT2D eigenvalue weighted by Crippen LogP contribution is -2.48. The van der Waals surface area contributed by atoms with Gasteiger partial charge in [-0.2, -0.15) is 0 Å². The summed E-state index contributed by atoms with van der Waals surface area (Å²) in [4.78, 5) is 0. The zero-order valence-electron chi connectivity index (χ0n) is 9.18. The van der Waals surface area contributed by atoms with Crippen LogP contribution < -0.4 is 5.73 Å². The minimum atomic E-state index is 0.452. The van der Waals surface area contributed by atoms with Crippen LogP contribution in [0.5, 0.6) is 0 Å². The van der Waals surface area contributed by atoms with Crippen molar-refractivity contribution in [3.63, 3.8) is 0 Å². The predicted octanol–water partition coefficient (Wildman–Crippen LogP) is 2.03. The molecule has 78 valence electrons. The third kappa shape index (κ3) is 2.44. The molecule has 1 aliphatic rings. The first-order chi connectivity index (χ1) is 6.10. The van der Waals surface area contributed by atoms with Crippen molar-refractivity contribution >= 4 is 0 Å². The first-order valence-corrected chi connectivity index (χ1v) is 5.38. The van der Waals surface area contributed by atoms with E-state index in [1.54, 1.807) is 0 Å². The maximum atomic E-state index is 5.59. The minimum Gasteiger partial charge on any atom is -0.380 e. The summed E-state index contributed by atoms with van der Waals surface area (Å²) in [6.45, 7) is 9.60. The molecule has 1 saturated heterocycles. The summed E-state index contributed by atoms with van der Waals surface area (Å²) in [5, 5.41) is 0. The fourth-order valence-corrected chi connectivity index (χ4v) is 2.34. The van der Waals surface area contributed by atoms with Gasteiger partial charge in [0.05, 0.1) is 13.2 Å². The average molecular weight is 185 g/mol. The molecule has 0 bridgehead atoms. The highest BCUT2D eigenvalue weighted by Gasteiger charge is 2.42. The molecule has 2 N–H and O–H groups in total. The molecule has 0 aliphatic carbocycles. The third-order valence-electron chi connectivity index (χ3n) is 3.24. The van der Waals surface area contributed by atoms with Gasteiger partial charge in [0.25, 0.3) is 0 Å². The van der Waals surface area contributed by atoms with E-state index in [1.165, 1.54) is 6.42 Å². The van der Waals surface area contributed by atoms with E-state index in [4.69, 9.17) is 10.5 Å². The van der Waals surface area contributed by atoms with Crippen LogP contribution in [-0.2, 0) is 4.74 Å². The standard InChI is InChI=1S/C11H23NO/c1-9(2)6-11(7-13-8-11)10(3)4-5-12/h9-10H,4-8,12H2,1-3H3. The van der Waals surface area contributed by atoms with Gasteiger partial charge in [-0.1, -0.05) is 20.8 Å². The van der Waals surface area contributed by atoms with Gasteiger partial charge in [-0.25, -0.2) is 0 Å². The zero-order valence-corrected chi connectivity index (χ0v) is 9.18. The van der Waals surface area contributed by atoms with Crippen LogP contribution in [0, 0.1) is 17.3 Å². The summed E-state index contributed by atoms with van der Waals surface area (Å²) in [6, 6.07) is 0. The molecule has 2 heteroatoms. The van der Waals surface area contributed by atoms with Crippen molar-refractivity contribution in [2.45, 2.75) is 33.6 Å². The van der Waals surface area contributed by atoms with E-state index in [0.717, 1.165) is 32.1 Å². The van der Waals surface area contributed by atoms with Gasteiger partial charge in [-0.3, -0.25) is 0 Å². The Hall–Kier alpha value is -0.0800. The van der Waals surface area contributed by atoms with Crippen molar-refractivity contribution in [3.8, 4) is 0 Å². The van der Waals surface area contributed by atoms with Crippen LogP contribution in [0.3, 0.4) is 0 Å². The average Bonchev–Trinajstić information content (AvgIpc) is 1.96. The number of ether oxygens (including phenoxy) is 1. The highest BCUT2D eigenvalue weighted by molar-refractivity contribution is 4.90. The van der Waals surface area contributed by atoms with Crippen molar-refractivity contribution in [3.05, 3.63) is 0 Å². The van der Waals surface area contributed by atoms with Crippen LogP contribution in [0.25, 0.3) is 0 Å². The molecule has 1 rings (SSSR count). The SMILES string of the molecule is CC(C)CC1(C(C)CCN)COC1. The van der Waals surface area contributed by atoms with Gasteiger partial charge in [0.1, 0.15) is 0 Å². The lowest BCUT2D eigenvalue weighted by molar-refractivity contribution is -0.153. The highest BCUT2D eigenvalue weighted by atomic mass is 16.5. The van der Waals surface area contributed by atoms with Crippen molar-refractivity contribution in [2.75, 3.05) is 19.8 Å². The van der Waals surface area contributed by atoms with Gasteiger partial charge in [0.2, 0.25) is 0 Å². The molecule has 0 aromatic rings. The Morgan fingerprint density at radius 2 is 1.92 bits per heavy atom. The summed E-state index contributed by atoms with van der Waals surface area (Å²) in [5.41, 5.74) is 6.05. The van der Waals surface area contributed by atoms with Crippen molar-refractivity contribution < 1.29 is 4.74 Å². The second kappa shape index (κ2) is 4.43. The van der Waals surface area contributed by atoms with Gasteiger partial charge in [0, 0.05) is 5.41 Å². The molecule has 0 radical (unpaired) electrons. The number of rotatable bonds is 5. The van der Waals surface area contributed by atoms with Gasteiger partial charge in [-0.05, 0) is 31.2 Å². The summed E-state index contributed by atoms with van der Waals surface area (Å²) >= 11 is 0. The molecule has 1 fully saturated rings. The van der Waals surface area contributed by atoms with Crippen LogP contribution in [0.4, 0.5) is 0 Å². The summed E-state index contributed by atoms with van der Waals surface area (Å²) in [6.07, 6.45) is 2.42. The first kappa shape index (κ1) is 11.0. The molecule has 0 saturated carbocycles. The maximum Gasteiger partial charge on any atom is 0.0547 e. The second-order valence-corrected chi connectivity index (χ2v) is 4.93. The van der Waals surface area contributed by atoms with Crippen LogP contribution in [-0.4, -0.2) is 19.8 Å². The lowest BCUT2D eigenvalue weighted by Gasteiger charge is -2.47. The Morgan fingerprint density at radius 1 is 1.31 bits per heavy atom. The van der Waals surface area contributed by atoms with Gasteiger partial charge in [0.15, 0.2) is 0 Å². The normalized spacial score (nSPS) is 22.8. The quantitative estimate of drug-likeness (QED) is 0.711. The number of hydrogen-bond donors (Lipinski definition) is 1. The molecule has 0 spiro atoms. The van der Waals surface area contributed by atoms with Crippen LogP contribution in [0.1, 0.15) is 33.6 Å². The Balaban J connectivity index is 2.47. The Morgan fingerprint density at radius 3 is 2.23 bits per heavy atom. The third-order valence-corrected chi connectivity index (χ3v) is 3.24. The summed E-state index contributed by atoms with van der Waals surface area (Å²) in [5.74, 6) is 1.48. The van der Waals surface area contributed by atoms with E-state index in [0.29, 0.717) is 11.3 Å². The molecule has 13 heavy (non-hydrogen) atoms. The molecule has 1 atom stereocenters. The number of nitrogens with two attached hydrogens (primary N) is 1. The van der Waals surface area contributed by atoms with Gasteiger partial charge < -0.3 is 10.5 Å². The van der Waals surface area contributed by atoms with Crippen LogP contribution >= 0.6 is 0 Å². The Labute approximate surface area is 81.8 Å². The monoisotopic (exact) mass is 185 g/mol. The van der Waals surface area contributed by atoms with Crippen molar-refractivity contribution in [1.82, 2.24) is 0 Å². The largest absolute Gasteiger partial charge is 0.380 e. The lowest BCUT2D eigenvalue weighted by atomic mass is 9.68. The summed E-state index contributed by atoms with van der Waals surface area (Å²) < 4.78 is 5.37. The smallest absolute Gasteiger partial charge is 0.0547 e. The number of hydrogen-bond acceptors (Lipinski definition) is 2. The molecule has 0 aromatic heterocycles. The zero-order chi connectivity index (χ0) is 9.90. The topological polar surface area (TPSA) is 35.2 Å². The summed E-state index contributed by atoms with van der Waals surface area (Å²) in [7, 11) is 0. The highest BCUT2D eigenvalue weighted by Crippen LogP contribution is 2.42. The first-order valence-electron chi connectivity index (χ1n) is 5.38. The Bertz CT molecular complexity index is 152. The van der Waals surface area contributed by atoms with E-state index in [2.05, 4.69) is 20.8 Å². The molecule has 1 aliphatic heterocycles. The molecule has 0 aromatic carbocycles. The predicted molar refractivity (Wildman–Crippen MR) is 55.5 cm³/mol. The van der Waals surface area contributed by atoms with Crippen LogP contribution in [0.15, 0.2) is 0 Å². The fraction of sp³-hybridized carbons (Fsp3) is 1.00. The van der Waals surface area contributed by atoms with E-state index < -0.39 is 0 Å². The minimum absolute atomic E-state index is 0.452. The van der Waals surface area contributed by atoms with E-state index in [-0.39, 0.29) is 0 Å².